The van der Waals surface area contributed by atoms with Gasteiger partial charge in [0.1, 0.15) is 5.75 Å². The molecule has 1 aliphatic carbocycles. The number of aromatic nitrogens is 1. The van der Waals surface area contributed by atoms with Crippen molar-refractivity contribution < 1.29 is 4.74 Å². The Bertz CT molecular complexity index is 450. The number of ether oxygens (including phenoxy) is 1. The molecule has 98 valence electrons. The predicted molar refractivity (Wildman–Crippen MR) is 70.4 cm³/mol. The van der Waals surface area contributed by atoms with Crippen molar-refractivity contribution in [2.45, 2.75) is 31.8 Å². The first kappa shape index (κ1) is 11.9. The lowest BCUT2D eigenvalue weighted by molar-refractivity contribution is 0.0466. The molecule has 2 aliphatic rings. The molecule has 4 nitrogen and oxygen atoms in total. The first-order chi connectivity index (χ1) is 8.59. The van der Waals surface area contributed by atoms with Crippen LogP contribution in [0.4, 0.5) is 0 Å². The van der Waals surface area contributed by atoms with E-state index in [0.717, 1.165) is 42.7 Å². The average Bonchev–Trinajstić information content (AvgIpc) is 3.09. The maximum Gasteiger partial charge on any atom is 0.122 e. The molecule has 4 heteroatoms. The van der Waals surface area contributed by atoms with Gasteiger partial charge in [-0.1, -0.05) is 0 Å². The summed E-state index contributed by atoms with van der Waals surface area (Å²) in [6, 6.07) is 3.97. The summed E-state index contributed by atoms with van der Waals surface area (Å²) < 4.78 is 5.27. The molecular formula is C14H21N3O. The number of methoxy groups -OCH3 is 1. The molecule has 3 rings (SSSR count). The fourth-order valence-electron chi connectivity index (χ4n) is 2.95. The lowest BCUT2D eigenvalue weighted by atomic mass is 9.85. The molecule has 0 unspecified atom stereocenters. The van der Waals surface area contributed by atoms with E-state index in [-0.39, 0.29) is 5.54 Å². The van der Waals surface area contributed by atoms with E-state index in [1.54, 1.807) is 7.11 Å². The molecule has 2 fully saturated rings. The standard InChI is InChI=1S/C14H21N3O/c1-10-5-13(18-2)6-12(16-10)7-17-8-14(15,9-17)11-3-4-11/h5-6,11H,3-4,7-9,15H2,1-2H3. The number of hydrogen-bond acceptors (Lipinski definition) is 4. The summed E-state index contributed by atoms with van der Waals surface area (Å²) >= 11 is 0. The molecule has 1 aromatic heterocycles. The summed E-state index contributed by atoms with van der Waals surface area (Å²) in [7, 11) is 1.69. The highest BCUT2D eigenvalue weighted by atomic mass is 16.5. The Hall–Kier alpha value is -1.13. The zero-order valence-electron chi connectivity index (χ0n) is 11.1. The van der Waals surface area contributed by atoms with Gasteiger partial charge in [0.2, 0.25) is 0 Å². The number of rotatable bonds is 4. The Kier molecular flexibility index (Phi) is 2.79. The topological polar surface area (TPSA) is 51.4 Å². The Balaban J connectivity index is 1.62. The third kappa shape index (κ3) is 2.22. The van der Waals surface area contributed by atoms with Crippen LogP contribution in [-0.2, 0) is 6.54 Å². The van der Waals surface area contributed by atoms with Gasteiger partial charge in [-0.25, -0.2) is 0 Å². The number of pyridine rings is 1. The summed E-state index contributed by atoms with van der Waals surface area (Å²) in [6.45, 7) is 4.90. The van der Waals surface area contributed by atoms with Crippen LogP contribution in [0, 0.1) is 12.8 Å². The van der Waals surface area contributed by atoms with Crippen molar-refractivity contribution in [2.75, 3.05) is 20.2 Å². The van der Waals surface area contributed by atoms with Crippen LogP contribution in [0.3, 0.4) is 0 Å². The molecule has 1 saturated heterocycles. The number of likely N-dealkylation sites (tertiary alicyclic amines) is 1. The van der Waals surface area contributed by atoms with E-state index in [2.05, 4.69) is 9.88 Å². The van der Waals surface area contributed by atoms with Crippen molar-refractivity contribution >= 4 is 0 Å². The molecule has 18 heavy (non-hydrogen) atoms. The fourth-order valence-corrected chi connectivity index (χ4v) is 2.95. The molecule has 0 atom stereocenters. The second-order valence-electron chi connectivity index (χ2n) is 5.79. The molecule has 0 amide bonds. The molecule has 0 spiro atoms. The third-order valence-corrected chi connectivity index (χ3v) is 4.03. The predicted octanol–water partition coefficient (Wildman–Crippen LogP) is 1.32. The SMILES string of the molecule is COc1cc(C)nc(CN2CC(N)(C3CC3)C2)c1. The van der Waals surface area contributed by atoms with Crippen molar-refractivity contribution in [3.63, 3.8) is 0 Å². The number of hydrogen-bond donors (Lipinski definition) is 1. The van der Waals surface area contributed by atoms with E-state index >= 15 is 0 Å². The Morgan fingerprint density at radius 1 is 1.44 bits per heavy atom. The Morgan fingerprint density at radius 3 is 2.78 bits per heavy atom. The highest BCUT2D eigenvalue weighted by Crippen LogP contribution is 2.43. The average molecular weight is 247 g/mol. The van der Waals surface area contributed by atoms with Crippen LogP contribution in [0.2, 0.25) is 0 Å². The van der Waals surface area contributed by atoms with Gasteiger partial charge < -0.3 is 10.5 Å². The Labute approximate surface area is 108 Å². The first-order valence-electron chi connectivity index (χ1n) is 6.62. The van der Waals surface area contributed by atoms with Gasteiger partial charge in [0.25, 0.3) is 0 Å². The van der Waals surface area contributed by atoms with Crippen LogP contribution in [0.15, 0.2) is 12.1 Å². The van der Waals surface area contributed by atoms with Gasteiger partial charge in [0, 0.05) is 43.0 Å². The largest absolute Gasteiger partial charge is 0.497 e. The highest BCUT2D eigenvalue weighted by molar-refractivity contribution is 5.27. The minimum Gasteiger partial charge on any atom is -0.497 e. The van der Waals surface area contributed by atoms with Crippen LogP contribution >= 0.6 is 0 Å². The van der Waals surface area contributed by atoms with Gasteiger partial charge in [-0.05, 0) is 25.7 Å². The molecule has 1 aromatic rings. The summed E-state index contributed by atoms with van der Waals surface area (Å²) in [6.07, 6.45) is 2.64. The maximum absolute atomic E-state index is 6.35. The van der Waals surface area contributed by atoms with Crippen LogP contribution in [0.5, 0.6) is 5.75 Å². The van der Waals surface area contributed by atoms with Gasteiger partial charge in [0.05, 0.1) is 12.8 Å². The monoisotopic (exact) mass is 247 g/mol. The van der Waals surface area contributed by atoms with Crippen LogP contribution in [0.25, 0.3) is 0 Å². The van der Waals surface area contributed by atoms with Crippen LogP contribution in [-0.4, -0.2) is 35.6 Å². The van der Waals surface area contributed by atoms with Crippen molar-refractivity contribution in [3.05, 3.63) is 23.5 Å². The van der Waals surface area contributed by atoms with E-state index in [0.29, 0.717) is 0 Å². The molecule has 0 aromatic carbocycles. The molecule has 0 bridgehead atoms. The first-order valence-corrected chi connectivity index (χ1v) is 6.62. The smallest absolute Gasteiger partial charge is 0.122 e. The second-order valence-corrected chi connectivity index (χ2v) is 5.79. The van der Waals surface area contributed by atoms with Gasteiger partial charge in [0.15, 0.2) is 0 Å². The lowest BCUT2D eigenvalue weighted by Crippen LogP contribution is -2.68. The number of aryl methyl sites for hydroxylation is 1. The van der Waals surface area contributed by atoms with Gasteiger partial charge in [-0.3, -0.25) is 9.88 Å². The van der Waals surface area contributed by atoms with Gasteiger partial charge in [-0.2, -0.15) is 0 Å². The molecular weight excluding hydrogens is 226 g/mol. The summed E-state index contributed by atoms with van der Waals surface area (Å²) in [5, 5.41) is 0. The van der Waals surface area contributed by atoms with Crippen LogP contribution < -0.4 is 10.5 Å². The molecule has 1 aliphatic heterocycles. The van der Waals surface area contributed by atoms with E-state index in [1.807, 2.05) is 19.1 Å². The zero-order chi connectivity index (χ0) is 12.8. The minimum absolute atomic E-state index is 0.0912. The third-order valence-electron chi connectivity index (χ3n) is 4.03. The van der Waals surface area contributed by atoms with E-state index in [9.17, 15) is 0 Å². The maximum atomic E-state index is 6.35. The van der Waals surface area contributed by atoms with E-state index in [1.165, 1.54) is 12.8 Å². The zero-order valence-corrected chi connectivity index (χ0v) is 11.1. The van der Waals surface area contributed by atoms with Crippen molar-refractivity contribution in [1.29, 1.82) is 0 Å². The Morgan fingerprint density at radius 2 is 2.17 bits per heavy atom. The molecule has 2 heterocycles. The van der Waals surface area contributed by atoms with E-state index in [4.69, 9.17) is 10.5 Å². The second kappa shape index (κ2) is 4.21. The van der Waals surface area contributed by atoms with Gasteiger partial charge >= 0.3 is 0 Å². The van der Waals surface area contributed by atoms with Crippen molar-refractivity contribution in [1.82, 2.24) is 9.88 Å². The van der Waals surface area contributed by atoms with E-state index < -0.39 is 0 Å². The lowest BCUT2D eigenvalue weighted by Gasteiger charge is -2.48. The quantitative estimate of drug-likeness (QED) is 0.872. The summed E-state index contributed by atoms with van der Waals surface area (Å²) in [5.41, 5.74) is 8.52. The van der Waals surface area contributed by atoms with Crippen molar-refractivity contribution in [2.24, 2.45) is 11.7 Å². The van der Waals surface area contributed by atoms with Gasteiger partial charge in [-0.15, -0.1) is 0 Å². The molecule has 2 N–H and O–H groups in total. The van der Waals surface area contributed by atoms with Crippen LogP contribution in [0.1, 0.15) is 24.2 Å². The molecule has 0 radical (unpaired) electrons. The summed E-state index contributed by atoms with van der Waals surface area (Å²) in [5.74, 6) is 1.66. The minimum atomic E-state index is 0.0912. The number of nitrogens with zero attached hydrogens (tertiary/aromatic N) is 2. The molecule has 1 saturated carbocycles. The fraction of sp³-hybridized carbons (Fsp3) is 0.643. The number of nitrogens with two attached hydrogens (primary N) is 1. The summed E-state index contributed by atoms with van der Waals surface area (Å²) in [4.78, 5) is 6.92. The highest BCUT2D eigenvalue weighted by Gasteiger charge is 2.50. The normalized spacial score (nSPS) is 22.6. The van der Waals surface area contributed by atoms with Crippen molar-refractivity contribution in [3.8, 4) is 5.75 Å².